The van der Waals surface area contributed by atoms with Crippen molar-refractivity contribution in [3.63, 3.8) is 0 Å². The minimum atomic E-state index is 0.0737. The molecule has 110 valence electrons. The van der Waals surface area contributed by atoms with Gasteiger partial charge in [-0.3, -0.25) is 0 Å². The van der Waals surface area contributed by atoms with Gasteiger partial charge in [0.05, 0.1) is 32.0 Å². The second kappa shape index (κ2) is 6.12. The maximum atomic E-state index is 6.04. The van der Waals surface area contributed by atoms with Crippen molar-refractivity contribution in [2.24, 2.45) is 0 Å². The lowest BCUT2D eigenvalue weighted by Gasteiger charge is -2.32. The smallest absolute Gasteiger partial charge is 0.119 e. The summed E-state index contributed by atoms with van der Waals surface area (Å²) in [5.41, 5.74) is 1.22. The third-order valence-electron chi connectivity index (χ3n) is 4.31. The van der Waals surface area contributed by atoms with Gasteiger partial charge in [0.25, 0.3) is 0 Å². The Bertz CT molecular complexity index is 443. The molecular weight excluding hydrogens is 254 g/mol. The molecular formula is C16H23NO3. The maximum Gasteiger partial charge on any atom is 0.119 e. The van der Waals surface area contributed by atoms with Crippen molar-refractivity contribution in [1.29, 1.82) is 0 Å². The second-order valence-corrected chi connectivity index (χ2v) is 5.73. The van der Waals surface area contributed by atoms with Crippen molar-refractivity contribution in [2.75, 3.05) is 26.8 Å². The molecule has 0 amide bonds. The first-order valence-corrected chi connectivity index (χ1v) is 7.39. The van der Waals surface area contributed by atoms with Gasteiger partial charge in [0.2, 0.25) is 0 Å². The monoisotopic (exact) mass is 277 g/mol. The van der Waals surface area contributed by atoms with Gasteiger partial charge in [0.1, 0.15) is 5.75 Å². The standard InChI is InChI=1S/C16H23NO3/c1-18-14-4-2-3-13(9-14)11-19-15-10-16(20-12-15)5-7-17-8-6-16/h2-4,9,15,17H,5-8,10-12H2,1H3. The summed E-state index contributed by atoms with van der Waals surface area (Å²) in [5, 5.41) is 3.39. The molecule has 2 aliphatic heterocycles. The summed E-state index contributed by atoms with van der Waals surface area (Å²) in [5.74, 6) is 0.878. The molecule has 20 heavy (non-hydrogen) atoms. The number of hydrogen-bond donors (Lipinski definition) is 1. The van der Waals surface area contributed by atoms with Gasteiger partial charge in [-0.1, -0.05) is 12.1 Å². The molecule has 2 aliphatic rings. The Balaban J connectivity index is 1.51. The summed E-state index contributed by atoms with van der Waals surface area (Å²) in [7, 11) is 1.69. The predicted octanol–water partition coefficient (Wildman–Crippen LogP) is 2.12. The summed E-state index contributed by atoms with van der Waals surface area (Å²) in [4.78, 5) is 0. The van der Waals surface area contributed by atoms with Gasteiger partial charge < -0.3 is 19.5 Å². The third kappa shape index (κ3) is 3.14. The van der Waals surface area contributed by atoms with Crippen LogP contribution in [0.4, 0.5) is 0 Å². The molecule has 3 rings (SSSR count). The minimum absolute atomic E-state index is 0.0737. The van der Waals surface area contributed by atoms with E-state index < -0.39 is 0 Å². The molecule has 1 aromatic carbocycles. The van der Waals surface area contributed by atoms with E-state index in [0.717, 1.165) is 50.3 Å². The molecule has 4 heteroatoms. The first kappa shape index (κ1) is 13.9. The van der Waals surface area contributed by atoms with Crippen LogP contribution in [0.2, 0.25) is 0 Å². The van der Waals surface area contributed by atoms with Crippen LogP contribution in [0, 0.1) is 0 Å². The van der Waals surface area contributed by atoms with Gasteiger partial charge >= 0.3 is 0 Å². The lowest BCUT2D eigenvalue weighted by Crippen LogP contribution is -2.41. The van der Waals surface area contributed by atoms with Gasteiger partial charge in [0.15, 0.2) is 0 Å². The van der Waals surface area contributed by atoms with Crippen LogP contribution in [0.5, 0.6) is 5.75 Å². The highest BCUT2D eigenvalue weighted by molar-refractivity contribution is 5.27. The Labute approximate surface area is 120 Å². The fourth-order valence-electron chi connectivity index (χ4n) is 3.12. The number of hydrogen-bond acceptors (Lipinski definition) is 4. The van der Waals surface area contributed by atoms with E-state index in [2.05, 4.69) is 11.4 Å². The van der Waals surface area contributed by atoms with Crippen LogP contribution in [0.3, 0.4) is 0 Å². The number of ether oxygens (including phenoxy) is 3. The van der Waals surface area contributed by atoms with E-state index in [9.17, 15) is 0 Å². The van der Waals surface area contributed by atoms with Gasteiger partial charge in [-0.25, -0.2) is 0 Å². The summed E-state index contributed by atoms with van der Waals surface area (Å²) in [6.45, 7) is 3.47. The van der Waals surface area contributed by atoms with Crippen molar-refractivity contribution < 1.29 is 14.2 Å². The Morgan fingerprint density at radius 1 is 1.35 bits per heavy atom. The van der Waals surface area contributed by atoms with E-state index in [4.69, 9.17) is 14.2 Å². The Hall–Kier alpha value is -1.10. The van der Waals surface area contributed by atoms with E-state index in [0.29, 0.717) is 6.61 Å². The number of rotatable bonds is 4. The molecule has 1 aromatic rings. The molecule has 1 atom stereocenters. The minimum Gasteiger partial charge on any atom is -0.497 e. The number of benzene rings is 1. The molecule has 2 fully saturated rings. The topological polar surface area (TPSA) is 39.7 Å². The van der Waals surface area contributed by atoms with Crippen LogP contribution < -0.4 is 10.1 Å². The molecule has 0 aliphatic carbocycles. The average Bonchev–Trinajstić information content (AvgIpc) is 2.89. The van der Waals surface area contributed by atoms with Crippen molar-refractivity contribution >= 4 is 0 Å². The highest BCUT2D eigenvalue weighted by Gasteiger charge is 2.41. The van der Waals surface area contributed by atoms with Crippen molar-refractivity contribution in [3.05, 3.63) is 29.8 Å². The molecule has 1 N–H and O–H groups in total. The van der Waals surface area contributed by atoms with Crippen molar-refractivity contribution in [3.8, 4) is 5.75 Å². The third-order valence-corrected chi connectivity index (χ3v) is 4.31. The average molecular weight is 277 g/mol. The fourth-order valence-corrected chi connectivity index (χ4v) is 3.12. The van der Waals surface area contributed by atoms with E-state index in [1.54, 1.807) is 7.11 Å². The van der Waals surface area contributed by atoms with Crippen LogP contribution in [0.25, 0.3) is 0 Å². The largest absolute Gasteiger partial charge is 0.497 e. The van der Waals surface area contributed by atoms with Gasteiger partial charge in [-0.2, -0.15) is 0 Å². The number of piperidine rings is 1. The van der Waals surface area contributed by atoms with Gasteiger partial charge in [-0.05, 0) is 43.6 Å². The van der Waals surface area contributed by atoms with Crippen molar-refractivity contribution in [2.45, 2.75) is 37.6 Å². The summed E-state index contributed by atoms with van der Waals surface area (Å²) in [6.07, 6.45) is 3.45. The SMILES string of the molecule is COc1cccc(COC2COC3(CCNCC3)C2)c1. The molecule has 0 saturated carbocycles. The predicted molar refractivity (Wildman–Crippen MR) is 77.0 cm³/mol. The highest BCUT2D eigenvalue weighted by atomic mass is 16.6. The van der Waals surface area contributed by atoms with Crippen LogP contribution in [0.15, 0.2) is 24.3 Å². The first-order valence-electron chi connectivity index (χ1n) is 7.39. The van der Waals surface area contributed by atoms with Gasteiger partial charge in [-0.15, -0.1) is 0 Å². The fraction of sp³-hybridized carbons (Fsp3) is 0.625. The zero-order valence-corrected chi connectivity index (χ0v) is 12.1. The summed E-state index contributed by atoms with van der Waals surface area (Å²) >= 11 is 0. The zero-order chi connectivity index (χ0) is 13.8. The van der Waals surface area contributed by atoms with Crippen LogP contribution in [-0.4, -0.2) is 38.5 Å². The molecule has 0 radical (unpaired) electrons. The normalized spacial score (nSPS) is 24.9. The second-order valence-electron chi connectivity index (χ2n) is 5.73. The molecule has 0 aromatic heterocycles. The maximum absolute atomic E-state index is 6.04. The van der Waals surface area contributed by atoms with E-state index >= 15 is 0 Å². The summed E-state index contributed by atoms with van der Waals surface area (Å²) < 4.78 is 17.3. The quantitative estimate of drug-likeness (QED) is 0.915. The van der Waals surface area contributed by atoms with E-state index in [-0.39, 0.29) is 11.7 Å². The molecule has 1 spiro atoms. The molecule has 2 heterocycles. The van der Waals surface area contributed by atoms with E-state index in [1.165, 1.54) is 0 Å². The molecule has 1 unspecified atom stereocenters. The summed E-state index contributed by atoms with van der Waals surface area (Å²) in [6, 6.07) is 8.04. The lowest BCUT2D eigenvalue weighted by molar-refractivity contribution is -0.0240. The van der Waals surface area contributed by atoms with Crippen molar-refractivity contribution in [1.82, 2.24) is 5.32 Å². The molecule has 0 bridgehead atoms. The van der Waals surface area contributed by atoms with Crippen LogP contribution in [0.1, 0.15) is 24.8 Å². The van der Waals surface area contributed by atoms with Crippen LogP contribution in [-0.2, 0) is 16.1 Å². The Morgan fingerprint density at radius 2 is 2.20 bits per heavy atom. The number of nitrogens with one attached hydrogen (secondary N) is 1. The molecule has 4 nitrogen and oxygen atoms in total. The lowest BCUT2D eigenvalue weighted by atomic mass is 9.89. The van der Waals surface area contributed by atoms with Gasteiger partial charge in [0, 0.05) is 6.42 Å². The van der Waals surface area contributed by atoms with E-state index in [1.807, 2.05) is 18.2 Å². The Kier molecular flexibility index (Phi) is 4.24. The Morgan fingerprint density at radius 3 is 3.00 bits per heavy atom. The number of methoxy groups -OCH3 is 1. The zero-order valence-electron chi connectivity index (χ0n) is 12.1. The first-order chi connectivity index (χ1) is 9.80. The highest BCUT2D eigenvalue weighted by Crippen LogP contribution is 2.35. The van der Waals surface area contributed by atoms with Crippen LogP contribution >= 0.6 is 0 Å². The molecule has 2 saturated heterocycles.